The zero-order valence-corrected chi connectivity index (χ0v) is 20.8. The predicted molar refractivity (Wildman–Crippen MR) is 139 cm³/mol. The summed E-state index contributed by atoms with van der Waals surface area (Å²) in [6, 6.07) is 15.1. The van der Waals surface area contributed by atoms with E-state index in [9.17, 15) is 13.6 Å². The molecule has 1 fully saturated rings. The average molecular weight is 508 g/mol. The van der Waals surface area contributed by atoms with E-state index in [4.69, 9.17) is 9.47 Å². The maximum absolute atomic E-state index is 13.7. The molecule has 2 aromatic carbocycles. The number of halogens is 2. The molecule has 1 aliphatic rings. The summed E-state index contributed by atoms with van der Waals surface area (Å²) >= 11 is 0. The number of hydrogen-bond donors (Lipinski definition) is 1. The lowest BCUT2D eigenvalue weighted by Gasteiger charge is -2.16. The van der Waals surface area contributed by atoms with Gasteiger partial charge in [-0.3, -0.25) is 9.78 Å². The van der Waals surface area contributed by atoms with Crippen LogP contribution in [-0.4, -0.2) is 34.8 Å². The number of fused-ring (bicyclic) bond motifs is 1. The van der Waals surface area contributed by atoms with Crippen molar-refractivity contribution >= 4 is 16.8 Å². The molecule has 37 heavy (non-hydrogen) atoms. The summed E-state index contributed by atoms with van der Waals surface area (Å²) in [5.74, 6) is -1.41. The van der Waals surface area contributed by atoms with Gasteiger partial charge in [0.2, 0.25) is 0 Å². The third kappa shape index (κ3) is 5.34. The molecular formula is C29H31F2N3O3. The van der Waals surface area contributed by atoms with Crippen LogP contribution in [0, 0.1) is 11.6 Å². The number of nitrogens with zero attached hydrogens (tertiary/aromatic N) is 2. The van der Waals surface area contributed by atoms with Crippen molar-refractivity contribution in [1.29, 1.82) is 0 Å². The van der Waals surface area contributed by atoms with Gasteiger partial charge >= 0.3 is 0 Å². The number of aromatic nitrogens is 2. The monoisotopic (exact) mass is 507 g/mol. The van der Waals surface area contributed by atoms with Crippen molar-refractivity contribution in [3.8, 4) is 5.75 Å². The molecule has 2 aromatic heterocycles. The van der Waals surface area contributed by atoms with E-state index in [0.29, 0.717) is 36.6 Å². The summed E-state index contributed by atoms with van der Waals surface area (Å²) in [6.45, 7) is 5.89. The molecule has 0 spiro atoms. The van der Waals surface area contributed by atoms with Gasteiger partial charge in [0.15, 0.2) is 11.6 Å². The first kappa shape index (κ1) is 24.9. The van der Waals surface area contributed by atoms with Crippen LogP contribution in [0.2, 0.25) is 0 Å². The Kier molecular flexibility index (Phi) is 7.19. The van der Waals surface area contributed by atoms with Crippen molar-refractivity contribution in [1.82, 2.24) is 14.9 Å². The number of carbonyl (C=O) groups excluding carboxylic acids is 1. The number of pyridine rings is 1. The van der Waals surface area contributed by atoms with Crippen LogP contribution in [0.4, 0.5) is 8.78 Å². The zero-order valence-electron chi connectivity index (χ0n) is 20.8. The lowest BCUT2D eigenvalue weighted by atomic mass is 10.0. The summed E-state index contributed by atoms with van der Waals surface area (Å²) in [5.41, 5.74) is 3.63. The maximum Gasteiger partial charge on any atom is 0.254 e. The average Bonchev–Trinajstić information content (AvgIpc) is 3.51. The number of benzene rings is 2. The van der Waals surface area contributed by atoms with Crippen LogP contribution < -0.4 is 10.1 Å². The molecule has 0 radical (unpaired) electrons. The van der Waals surface area contributed by atoms with E-state index in [0.717, 1.165) is 40.8 Å². The molecule has 5 rings (SSSR count). The van der Waals surface area contributed by atoms with E-state index in [2.05, 4.69) is 14.9 Å². The first-order valence-electron chi connectivity index (χ1n) is 12.4. The molecular weight excluding hydrogens is 476 g/mol. The van der Waals surface area contributed by atoms with E-state index < -0.39 is 11.6 Å². The van der Waals surface area contributed by atoms with Crippen LogP contribution in [0.15, 0.2) is 60.8 Å². The molecule has 1 N–H and O–H groups in total. The Labute approximate surface area is 215 Å². The minimum Gasteiger partial charge on any atom is -0.488 e. The number of amides is 1. The lowest BCUT2D eigenvalue weighted by molar-refractivity contribution is 0.0951. The van der Waals surface area contributed by atoms with Gasteiger partial charge < -0.3 is 19.4 Å². The molecule has 0 bridgehead atoms. The highest BCUT2D eigenvalue weighted by molar-refractivity contribution is 6.09. The first-order chi connectivity index (χ1) is 17.9. The van der Waals surface area contributed by atoms with Gasteiger partial charge in [0, 0.05) is 37.7 Å². The number of carbonyl (C=O) groups is 1. The summed E-state index contributed by atoms with van der Waals surface area (Å²) in [7, 11) is 0. The van der Waals surface area contributed by atoms with Crippen LogP contribution >= 0.6 is 0 Å². The van der Waals surface area contributed by atoms with Gasteiger partial charge in [-0.15, -0.1) is 0 Å². The van der Waals surface area contributed by atoms with Gasteiger partial charge in [-0.2, -0.15) is 0 Å². The van der Waals surface area contributed by atoms with Crippen molar-refractivity contribution in [2.24, 2.45) is 0 Å². The van der Waals surface area contributed by atoms with Crippen molar-refractivity contribution in [2.75, 3.05) is 13.2 Å². The second-order valence-electron chi connectivity index (χ2n) is 9.54. The molecule has 4 aromatic rings. The van der Waals surface area contributed by atoms with Crippen molar-refractivity contribution in [3.05, 3.63) is 94.9 Å². The second kappa shape index (κ2) is 10.7. The number of hydrogen-bond acceptors (Lipinski definition) is 4. The molecule has 1 amide bonds. The topological polar surface area (TPSA) is 65.4 Å². The second-order valence-corrected chi connectivity index (χ2v) is 9.54. The Hall–Kier alpha value is -3.78. The van der Waals surface area contributed by atoms with E-state index in [1.807, 2.05) is 50.2 Å². The SMILES string of the molecule is CC(C)c1c(C(=O)NCc2ccc(F)c(F)c2)c2ccc(OC3CCOC3)cc2n1Cc1ccccn1.[HH]. The van der Waals surface area contributed by atoms with Gasteiger partial charge in [0.25, 0.3) is 5.91 Å². The third-order valence-electron chi connectivity index (χ3n) is 6.52. The van der Waals surface area contributed by atoms with Crippen LogP contribution in [0.3, 0.4) is 0 Å². The van der Waals surface area contributed by atoms with Crippen molar-refractivity contribution < 1.29 is 24.5 Å². The highest BCUT2D eigenvalue weighted by Gasteiger charge is 2.26. The molecule has 1 saturated heterocycles. The molecule has 6 nitrogen and oxygen atoms in total. The molecule has 1 unspecified atom stereocenters. The van der Waals surface area contributed by atoms with Crippen LogP contribution in [0.5, 0.6) is 5.75 Å². The van der Waals surface area contributed by atoms with E-state index in [-0.39, 0.29) is 25.9 Å². The minimum atomic E-state index is -0.943. The Morgan fingerprint density at radius 1 is 1.19 bits per heavy atom. The Bertz CT molecular complexity index is 1420. The molecule has 194 valence electrons. The molecule has 3 heterocycles. The normalized spacial score (nSPS) is 15.4. The van der Waals surface area contributed by atoms with Crippen LogP contribution in [-0.2, 0) is 17.8 Å². The van der Waals surface area contributed by atoms with E-state index in [1.54, 1.807) is 6.20 Å². The summed E-state index contributed by atoms with van der Waals surface area (Å²) in [5, 5.41) is 3.68. The maximum atomic E-state index is 13.7. The van der Waals surface area contributed by atoms with E-state index >= 15 is 0 Å². The predicted octanol–water partition coefficient (Wildman–Crippen LogP) is 5.83. The summed E-state index contributed by atoms with van der Waals surface area (Å²) in [4.78, 5) is 18.1. The van der Waals surface area contributed by atoms with Gasteiger partial charge in [0.05, 0.1) is 36.5 Å². The van der Waals surface area contributed by atoms with Gasteiger partial charge in [-0.05, 0) is 47.9 Å². The fourth-order valence-electron chi connectivity index (χ4n) is 4.80. The van der Waals surface area contributed by atoms with Gasteiger partial charge in [-0.1, -0.05) is 26.0 Å². The Morgan fingerprint density at radius 2 is 2.05 bits per heavy atom. The number of ether oxygens (including phenoxy) is 2. The summed E-state index contributed by atoms with van der Waals surface area (Å²) < 4.78 is 40.7. The molecule has 8 heteroatoms. The van der Waals surface area contributed by atoms with Gasteiger partial charge in [0.1, 0.15) is 11.9 Å². The standard InChI is InChI=1S/C29H29F2N3O3.H2/c1-18(2)28-27(29(35)33-15-19-6-9-24(30)25(31)13-19)23-8-7-21(37-22-10-12-36-17-22)14-26(23)34(28)16-20-5-3-4-11-32-20;/h3-9,11,13-14,18,22H,10,12,15-17H2,1-2H3,(H,33,35);1H. The highest BCUT2D eigenvalue weighted by atomic mass is 19.2. The fourth-order valence-corrected chi connectivity index (χ4v) is 4.80. The third-order valence-corrected chi connectivity index (χ3v) is 6.52. The van der Waals surface area contributed by atoms with Gasteiger partial charge in [-0.25, -0.2) is 8.78 Å². The van der Waals surface area contributed by atoms with Crippen molar-refractivity contribution in [3.63, 3.8) is 0 Å². The Balaban J connectivity index is 0.00000336. The smallest absolute Gasteiger partial charge is 0.254 e. The zero-order chi connectivity index (χ0) is 25.9. The van der Waals surface area contributed by atoms with Crippen LogP contribution in [0.25, 0.3) is 10.9 Å². The van der Waals surface area contributed by atoms with E-state index in [1.165, 1.54) is 6.07 Å². The van der Waals surface area contributed by atoms with Crippen molar-refractivity contribution in [2.45, 2.75) is 45.4 Å². The lowest BCUT2D eigenvalue weighted by Crippen LogP contribution is -2.24. The molecule has 0 aliphatic carbocycles. The quantitative estimate of drug-likeness (QED) is 0.326. The molecule has 1 aliphatic heterocycles. The first-order valence-corrected chi connectivity index (χ1v) is 12.4. The molecule has 1 atom stereocenters. The summed E-state index contributed by atoms with van der Waals surface area (Å²) in [6.07, 6.45) is 2.59. The fraction of sp³-hybridized carbons (Fsp3) is 0.310. The Morgan fingerprint density at radius 3 is 2.76 bits per heavy atom. The minimum absolute atomic E-state index is 0. The highest BCUT2D eigenvalue weighted by Crippen LogP contribution is 2.35. The molecule has 0 saturated carbocycles. The number of nitrogens with one attached hydrogen (secondary N) is 1. The number of rotatable bonds is 8. The van der Waals surface area contributed by atoms with Crippen LogP contribution in [0.1, 0.15) is 54.9 Å². The largest absolute Gasteiger partial charge is 0.488 e.